The highest BCUT2D eigenvalue weighted by molar-refractivity contribution is 6.31. The third-order valence-electron chi connectivity index (χ3n) is 7.05. The van der Waals surface area contributed by atoms with Gasteiger partial charge in [-0.15, -0.1) is 6.58 Å². The molecule has 0 spiro atoms. The summed E-state index contributed by atoms with van der Waals surface area (Å²) >= 11 is 6.26. The molecule has 0 bridgehead atoms. The second-order valence-electron chi connectivity index (χ2n) is 11.3. The number of nitrogens with two attached hydrogens (primary N) is 1. The van der Waals surface area contributed by atoms with E-state index >= 15 is 4.39 Å². The van der Waals surface area contributed by atoms with Crippen molar-refractivity contribution in [2.75, 3.05) is 13.1 Å². The number of aryl methyl sites for hydroxylation is 1. The first-order chi connectivity index (χ1) is 19.9. The Morgan fingerprint density at radius 1 is 1.24 bits per heavy atom. The molecule has 8 nitrogen and oxygen atoms in total. The van der Waals surface area contributed by atoms with Crippen molar-refractivity contribution >= 4 is 28.5 Å². The fraction of sp³-hybridized carbons (Fsp3) is 0.344. The Labute approximate surface area is 250 Å². The van der Waals surface area contributed by atoms with E-state index in [-0.39, 0.29) is 16.6 Å². The van der Waals surface area contributed by atoms with Crippen molar-refractivity contribution in [3.8, 4) is 16.9 Å². The van der Waals surface area contributed by atoms with Crippen LogP contribution in [0.3, 0.4) is 0 Å². The lowest BCUT2D eigenvalue weighted by atomic mass is 9.96. The van der Waals surface area contributed by atoms with Crippen molar-refractivity contribution in [2.45, 2.75) is 58.0 Å². The normalized spacial score (nSPS) is 12.4. The number of hydrogen-bond donors (Lipinski definition) is 5. The van der Waals surface area contributed by atoms with Crippen LogP contribution in [0.2, 0.25) is 5.02 Å². The average Bonchev–Trinajstić information content (AvgIpc) is 3.34. The zero-order chi connectivity index (χ0) is 30.4. The molecule has 0 aliphatic rings. The molecule has 4 aromatic rings. The van der Waals surface area contributed by atoms with Gasteiger partial charge in [0.1, 0.15) is 5.65 Å². The minimum atomic E-state index is -0.525. The summed E-state index contributed by atoms with van der Waals surface area (Å²) in [5.41, 5.74) is 9.17. The predicted octanol–water partition coefficient (Wildman–Crippen LogP) is 6.03. The first-order valence-electron chi connectivity index (χ1n) is 14.1. The number of hydrogen-bond acceptors (Lipinski definition) is 5. The number of aromatic amines is 1. The van der Waals surface area contributed by atoms with Gasteiger partial charge in [0.25, 0.3) is 0 Å². The van der Waals surface area contributed by atoms with E-state index in [1.54, 1.807) is 31.3 Å². The highest BCUT2D eigenvalue weighted by Gasteiger charge is 2.17. The standard InChI is InChI=1S/C32H39ClFN7O/c1-5-27(38-15-7-14-37-20(2)35)22-9-11-24(12-10-22)41-19-23-18-28(39-30(23)40-31(41)42)25-16-21(17-26(33)29(25)34)8-6-13-32(3,4)36/h5,9-12,16-19,27,38H,1,6-8,13-15,36H2,2-4H3,(H2,35,37)(H,39,40,42)/t27-/m0/s1. The van der Waals surface area contributed by atoms with Crippen molar-refractivity contribution in [1.29, 1.82) is 5.41 Å². The van der Waals surface area contributed by atoms with Gasteiger partial charge in [0, 0.05) is 29.2 Å². The van der Waals surface area contributed by atoms with Crippen molar-refractivity contribution in [2.24, 2.45) is 5.73 Å². The van der Waals surface area contributed by atoms with Gasteiger partial charge in [0.2, 0.25) is 0 Å². The third-order valence-corrected chi connectivity index (χ3v) is 7.32. The molecule has 0 fully saturated rings. The number of H-pyrrole nitrogens is 1. The van der Waals surface area contributed by atoms with Crippen LogP contribution >= 0.6 is 11.6 Å². The van der Waals surface area contributed by atoms with E-state index in [0.717, 1.165) is 49.9 Å². The molecule has 0 aliphatic carbocycles. The van der Waals surface area contributed by atoms with Crippen molar-refractivity contribution < 1.29 is 4.39 Å². The largest absolute Gasteiger partial charge is 0.374 e. The first-order valence-corrected chi connectivity index (χ1v) is 14.5. The summed E-state index contributed by atoms with van der Waals surface area (Å²) in [4.78, 5) is 20.3. The lowest BCUT2D eigenvalue weighted by Gasteiger charge is -2.18. The van der Waals surface area contributed by atoms with Crippen LogP contribution in [-0.4, -0.2) is 39.0 Å². The van der Waals surface area contributed by atoms with Crippen LogP contribution < -0.4 is 22.1 Å². The Bertz CT molecular complexity index is 1620. The minimum Gasteiger partial charge on any atom is -0.374 e. The molecule has 2 aromatic carbocycles. The zero-order valence-electron chi connectivity index (χ0n) is 24.4. The molecule has 2 aromatic heterocycles. The maximum Gasteiger partial charge on any atom is 0.354 e. The molecule has 0 saturated carbocycles. The molecule has 0 saturated heterocycles. The molecule has 0 radical (unpaired) electrons. The first kappa shape index (κ1) is 31.2. The second kappa shape index (κ2) is 13.5. The van der Waals surface area contributed by atoms with Gasteiger partial charge in [-0.1, -0.05) is 29.8 Å². The highest BCUT2D eigenvalue weighted by Crippen LogP contribution is 2.31. The molecule has 0 amide bonds. The SMILES string of the molecule is C=C[C@H](NCCCNC(C)=N)c1ccc(-n2cc3cc(-c4cc(CCCC(C)(C)N)cc(Cl)c4F)[nH]c3nc2=O)cc1. The smallest absolute Gasteiger partial charge is 0.354 e. The summed E-state index contributed by atoms with van der Waals surface area (Å²) in [6, 6.07) is 12.8. The monoisotopic (exact) mass is 591 g/mol. The van der Waals surface area contributed by atoms with E-state index in [9.17, 15) is 4.79 Å². The molecule has 10 heteroatoms. The lowest BCUT2D eigenvalue weighted by Crippen LogP contribution is -2.31. The van der Waals surface area contributed by atoms with Crippen LogP contribution in [0.25, 0.3) is 28.0 Å². The molecular weight excluding hydrogens is 553 g/mol. The predicted molar refractivity (Wildman–Crippen MR) is 170 cm³/mol. The zero-order valence-corrected chi connectivity index (χ0v) is 25.1. The van der Waals surface area contributed by atoms with Gasteiger partial charge in [-0.25, -0.2) is 9.18 Å². The molecule has 6 N–H and O–H groups in total. The summed E-state index contributed by atoms with van der Waals surface area (Å²) < 4.78 is 16.6. The number of rotatable bonds is 13. The maximum atomic E-state index is 15.1. The lowest BCUT2D eigenvalue weighted by molar-refractivity contribution is 0.459. The fourth-order valence-corrected chi connectivity index (χ4v) is 5.10. The molecule has 4 rings (SSSR count). The Morgan fingerprint density at radius 2 is 1.98 bits per heavy atom. The number of benzene rings is 2. The van der Waals surface area contributed by atoms with Crippen LogP contribution in [0.5, 0.6) is 0 Å². The second-order valence-corrected chi connectivity index (χ2v) is 11.7. The van der Waals surface area contributed by atoms with Gasteiger partial charge in [-0.3, -0.25) is 9.98 Å². The van der Waals surface area contributed by atoms with Crippen LogP contribution in [0.4, 0.5) is 4.39 Å². The van der Waals surface area contributed by atoms with Crippen LogP contribution in [0.15, 0.2) is 66.1 Å². The summed E-state index contributed by atoms with van der Waals surface area (Å²) in [7, 11) is 0. The molecule has 2 heterocycles. The summed E-state index contributed by atoms with van der Waals surface area (Å²) in [6.45, 7) is 11.1. The molecule has 0 unspecified atom stereocenters. The Hall–Kier alpha value is -3.79. The van der Waals surface area contributed by atoms with E-state index in [1.165, 1.54) is 4.57 Å². The van der Waals surface area contributed by atoms with Crippen LogP contribution in [0.1, 0.15) is 57.2 Å². The number of halogens is 2. The van der Waals surface area contributed by atoms with Crippen LogP contribution in [-0.2, 0) is 6.42 Å². The number of amidine groups is 1. The van der Waals surface area contributed by atoms with Gasteiger partial charge >= 0.3 is 5.69 Å². The molecule has 1 atom stereocenters. The number of nitrogens with zero attached hydrogens (tertiary/aromatic N) is 2. The number of aromatic nitrogens is 3. The Balaban J connectivity index is 1.54. The van der Waals surface area contributed by atoms with E-state index in [4.69, 9.17) is 22.7 Å². The Morgan fingerprint density at radius 3 is 2.64 bits per heavy atom. The average molecular weight is 592 g/mol. The summed E-state index contributed by atoms with van der Waals surface area (Å²) in [5.74, 6) is -0.0721. The highest BCUT2D eigenvalue weighted by atomic mass is 35.5. The quantitative estimate of drug-likeness (QED) is 0.0562. The summed E-state index contributed by atoms with van der Waals surface area (Å²) in [5, 5.41) is 14.6. The van der Waals surface area contributed by atoms with Crippen molar-refractivity contribution in [3.63, 3.8) is 0 Å². The fourth-order valence-electron chi connectivity index (χ4n) is 4.86. The van der Waals surface area contributed by atoms with Crippen molar-refractivity contribution in [3.05, 3.63) is 93.8 Å². The maximum absolute atomic E-state index is 15.1. The molecule has 42 heavy (non-hydrogen) atoms. The summed E-state index contributed by atoms with van der Waals surface area (Å²) in [6.07, 6.45) is 6.81. The van der Waals surface area contributed by atoms with Gasteiger partial charge in [-0.2, -0.15) is 4.98 Å². The van der Waals surface area contributed by atoms with Gasteiger partial charge in [0.15, 0.2) is 5.82 Å². The topological polar surface area (TPSA) is 125 Å². The Kier molecular flexibility index (Phi) is 9.98. The van der Waals surface area contributed by atoms with Crippen LogP contribution in [0, 0.1) is 11.2 Å². The van der Waals surface area contributed by atoms with E-state index < -0.39 is 11.5 Å². The van der Waals surface area contributed by atoms with Gasteiger partial charge < -0.3 is 21.4 Å². The molecular formula is C32H39ClFN7O. The molecule has 0 aliphatic heterocycles. The minimum absolute atomic E-state index is 0.0474. The van der Waals surface area contributed by atoms with Gasteiger partial charge in [-0.05, 0) is 94.5 Å². The van der Waals surface area contributed by atoms with E-state index in [2.05, 4.69) is 27.2 Å². The van der Waals surface area contributed by atoms with Crippen molar-refractivity contribution in [1.82, 2.24) is 25.2 Å². The van der Waals surface area contributed by atoms with E-state index in [0.29, 0.717) is 33.8 Å². The third kappa shape index (κ3) is 7.94. The van der Waals surface area contributed by atoms with E-state index in [1.807, 2.05) is 44.2 Å². The molecule has 222 valence electrons. The number of nitrogens with one attached hydrogen (secondary N) is 4. The number of fused-ring (bicyclic) bond motifs is 1. The van der Waals surface area contributed by atoms with Gasteiger partial charge in [0.05, 0.1) is 28.3 Å².